The molecule has 25 heavy (non-hydrogen) atoms. The molecule has 6 nitrogen and oxygen atoms in total. The minimum Gasteiger partial charge on any atom is -0.354 e. The number of amides is 1. The summed E-state index contributed by atoms with van der Waals surface area (Å²) in [6, 6.07) is 4.74. The fraction of sp³-hybridized carbons (Fsp3) is 0.632. The van der Waals surface area contributed by atoms with E-state index in [1.165, 1.54) is 5.56 Å². The molecule has 2 unspecified atom stereocenters. The molecule has 0 aromatic carbocycles. The van der Waals surface area contributed by atoms with Crippen molar-refractivity contribution in [3.05, 3.63) is 29.6 Å². The van der Waals surface area contributed by atoms with Crippen LogP contribution in [0.4, 0.5) is 0 Å². The van der Waals surface area contributed by atoms with Gasteiger partial charge in [-0.2, -0.15) is 0 Å². The van der Waals surface area contributed by atoms with Crippen molar-refractivity contribution in [1.29, 1.82) is 0 Å². The van der Waals surface area contributed by atoms with Crippen LogP contribution in [0.1, 0.15) is 49.8 Å². The summed E-state index contributed by atoms with van der Waals surface area (Å²) in [6.45, 7) is 2.70. The summed E-state index contributed by atoms with van der Waals surface area (Å²) in [7, 11) is 1.78. The second-order valence-corrected chi connectivity index (χ2v) is 7.18. The highest BCUT2D eigenvalue weighted by Gasteiger charge is 2.31. The van der Waals surface area contributed by atoms with Gasteiger partial charge in [-0.05, 0) is 50.7 Å². The fourth-order valence-corrected chi connectivity index (χ4v) is 3.36. The zero-order valence-corrected chi connectivity index (χ0v) is 15.2. The summed E-state index contributed by atoms with van der Waals surface area (Å²) in [6.07, 6.45) is 8.13. The maximum absolute atomic E-state index is 12.3. The van der Waals surface area contributed by atoms with Crippen LogP contribution in [0.5, 0.6) is 0 Å². The van der Waals surface area contributed by atoms with Crippen molar-refractivity contribution < 1.29 is 4.79 Å². The van der Waals surface area contributed by atoms with Crippen LogP contribution >= 0.6 is 0 Å². The van der Waals surface area contributed by atoms with Gasteiger partial charge < -0.3 is 16.0 Å². The van der Waals surface area contributed by atoms with E-state index < -0.39 is 0 Å². The molecule has 0 spiro atoms. The van der Waals surface area contributed by atoms with E-state index in [0.717, 1.165) is 50.2 Å². The van der Waals surface area contributed by atoms with Gasteiger partial charge in [-0.1, -0.05) is 12.5 Å². The number of hydrogen-bond donors (Lipinski definition) is 3. The van der Waals surface area contributed by atoms with Gasteiger partial charge in [0.2, 0.25) is 5.91 Å². The Kier molecular flexibility index (Phi) is 5.89. The van der Waals surface area contributed by atoms with Crippen LogP contribution in [0.15, 0.2) is 23.3 Å². The predicted molar refractivity (Wildman–Crippen MR) is 99.2 cm³/mol. The van der Waals surface area contributed by atoms with E-state index in [-0.39, 0.29) is 11.8 Å². The molecule has 1 aromatic heterocycles. The van der Waals surface area contributed by atoms with E-state index in [2.05, 4.69) is 38.9 Å². The number of pyridine rings is 1. The summed E-state index contributed by atoms with van der Waals surface area (Å²) in [5.41, 5.74) is 2.19. The van der Waals surface area contributed by atoms with Crippen molar-refractivity contribution in [3.8, 4) is 0 Å². The number of hydrogen-bond acceptors (Lipinski definition) is 3. The number of aliphatic imine (C=N–C) groups is 1. The molecule has 6 heteroatoms. The first-order valence-corrected chi connectivity index (χ1v) is 9.33. The van der Waals surface area contributed by atoms with Crippen LogP contribution in [-0.4, -0.2) is 36.0 Å². The summed E-state index contributed by atoms with van der Waals surface area (Å²) in [4.78, 5) is 21.0. The Morgan fingerprint density at radius 3 is 2.80 bits per heavy atom. The first kappa shape index (κ1) is 17.7. The Bertz CT molecular complexity index is 626. The molecule has 0 saturated heterocycles. The molecule has 2 aliphatic carbocycles. The van der Waals surface area contributed by atoms with Crippen molar-refractivity contribution in [2.45, 2.75) is 64.1 Å². The Hall–Kier alpha value is -2.11. The van der Waals surface area contributed by atoms with Crippen molar-refractivity contribution in [2.75, 3.05) is 7.05 Å². The lowest BCUT2D eigenvalue weighted by atomic mass is 9.85. The van der Waals surface area contributed by atoms with Gasteiger partial charge >= 0.3 is 0 Å². The van der Waals surface area contributed by atoms with Crippen molar-refractivity contribution in [2.24, 2.45) is 10.9 Å². The number of nitrogens with one attached hydrogen (secondary N) is 3. The van der Waals surface area contributed by atoms with Crippen molar-refractivity contribution in [3.63, 3.8) is 0 Å². The van der Waals surface area contributed by atoms with Crippen LogP contribution in [0.25, 0.3) is 0 Å². The highest BCUT2D eigenvalue weighted by atomic mass is 16.2. The van der Waals surface area contributed by atoms with Crippen LogP contribution in [0, 0.1) is 12.8 Å². The van der Waals surface area contributed by atoms with E-state index in [9.17, 15) is 4.79 Å². The van der Waals surface area contributed by atoms with E-state index in [1.807, 2.05) is 12.3 Å². The maximum Gasteiger partial charge on any atom is 0.223 e. The normalized spacial score (nSPS) is 23.8. The van der Waals surface area contributed by atoms with Gasteiger partial charge in [0.1, 0.15) is 0 Å². The molecule has 1 aromatic rings. The second-order valence-electron chi connectivity index (χ2n) is 7.18. The number of aromatic nitrogens is 1. The first-order chi connectivity index (χ1) is 12.2. The smallest absolute Gasteiger partial charge is 0.223 e. The molecule has 3 rings (SSSR count). The van der Waals surface area contributed by atoms with Crippen molar-refractivity contribution in [1.82, 2.24) is 20.9 Å². The van der Waals surface area contributed by atoms with Gasteiger partial charge in [0.15, 0.2) is 5.96 Å². The number of carbonyl (C=O) groups is 1. The maximum atomic E-state index is 12.3. The molecule has 0 aliphatic heterocycles. The lowest BCUT2D eigenvalue weighted by molar-refractivity contribution is -0.126. The Labute approximate surface area is 149 Å². The standard InChI is InChI=1S/C19H29N5O/c1-13-5-4-10-21-17(13)12-22-19(20-2)24-16-7-3-6-14(11-16)18(25)23-15-8-9-15/h4-5,10,14-16H,3,6-9,11-12H2,1-2H3,(H,23,25)(H2,20,22,24). The number of nitrogens with zero attached hydrogens (tertiary/aromatic N) is 2. The Morgan fingerprint density at radius 2 is 2.08 bits per heavy atom. The highest BCUT2D eigenvalue weighted by Crippen LogP contribution is 2.26. The van der Waals surface area contributed by atoms with E-state index in [0.29, 0.717) is 18.6 Å². The van der Waals surface area contributed by atoms with E-state index >= 15 is 0 Å². The molecule has 2 fully saturated rings. The molecule has 3 N–H and O–H groups in total. The third-order valence-corrected chi connectivity index (χ3v) is 5.07. The third-order valence-electron chi connectivity index (χ3n) is 5.07. The minimum absolute atomic E-state index is 0.128. The van der Waals surface area contributed by atoms with Crippen LogP contribution in [0.2, 0.25) is 0 Å². The monoisotopic (exact) mass is 343 g/mol. The number of aryl methyl sites for hydroxylation is 1. The number of carbonyl (C=O) groups excluding carboxylic acids is 1. The Balaban J connectivity index is 1.49. The van der Waals surface area contributed by atoms with Crippen LogP contribution in [-0.2, 0) is 11.3 Å². The predicted octanol–water partition coefficient (Wildman–Crippen LogP) is 1.89. The molecular weight excluding hydrogens is 314 g/mol. The van der Waals surface area contributed by atoms with E-state index in [4.69, 9.17) is 0 Å². The zero-order chi connectivity index (χ0) is 17.6. The van der Waals surface area contributed by atoms with Crippen LogP contribution < -0.4 is 16.0 Å². The average Bonchev–Trinajstić information content (AvgIpc) is 3.44. The zero-order valence-electron chi connectivity index (χ0n) is 15.2. The van der Waals surface area contributed by atoms with E-state index in [1.54, 1.807) is 7.05 Å². The largest absolute Gasteiger partial charge is 0.354 e. The molecule has 1 amide bonds. The van der Waals surface area contributed by atoms with Gasteiger partial charge in [0.25, 0.3) is 0 Å². The molecule has 1 heterocycles. The first-order valence-electron chi connectivity index (χ1n) is 9.33. The van der Waals surface area contributed by atoms with Gasteiger partial charge in [-0.15, -0.1) is 0 Å². The van der Waals surface area contributed by atoms with Gasteiger partial charge in [-0.25, -0.2) is 0 Å². The summed E-state index contributed by atoms with van der Waals surface area (Å²) >= 11 is 0. The SMILES string of the molecule is CN=C(NCc1ncccc1C)NC1CCCC(C(=O)NC2CC2)C1. The third kappa shape index (κ3) is 5.18. The molecule has 2 saturated carbocycles. The Morgan fingerprint density at radius 1 is 1.24 bits per heavy atom. The molecule has 0 bridgehead atoms. The van der Waals surface area contributed by atoms with Gasteiger partial charge in [0.05, 0.1) is 12.2 Å². The summed E-state index contributed by atoms with van der Waals surface area (Å²) in [5.74, 6) is 1.14. The molecule has 2 atom stereocenters. The highest BCUT2D eigenvalue weighted by molar-refractivity contribution is 5.81. The van der Waals surface area contributed by atoms with Crippen molar-refractivity contribution >= 4 is 11.9 Å². The topological polar surface area (TPSA) is 78.4 Å². The van der Waals surface area contributed by atoms with Gasteiger partial charge in [-0.3, -0.25) is 14.8 Å². The number of guanidine groups is 1. The quantitative estimate of drug-likeness (QED) is 0.563. The molecule has 0 radical (unpaired) electrons. The lowest BCUT2D eigenvalue weighted by Crippen LogP contribution is -2.47. The average molecular weight is 343 g/mol. The van der Waals surface area contributed by atoms with Crippen LogP contribution in [0.3, 0.4) is 0 Å². The van der Waals surface area contributed by atoms with Gasteiger partial charge in [0, 0.05) is 31.2 Å². The summed E-state index contributed by atoms with van der Waals surface area (Å²) in [5, 5.41) is 9.96. The summed E-state index contributed by atoms with van der Waals surface area (Å²) < 4.78 is 0. The molecule has 2 aliphatic rings. The number of rotatable bonds is 5. The lowest BCUT2D eigenvalue weighted by Gasteiger charge is -2.30. The second kappa shape index (κ2) is 8.32. The minimum atomic E-state index is 0.128. The molecule has 136 valence electrons. The molecular formula is C19H29N5O. The fourth-order valence-electron chi connectivity index (χ4n) is 3.36.